The number of thiazole rings is 1. The molecule has 5 nitrogen and oxygen atoms in total. The third-order valence-corrected chi connectivity index (χ3v) is 7.35. The van der Waals surface area contributed by atoms with Gasteiger partial charge >= 0.3 is 0 Å². The second-order valence-electron chi connectivity index (χ2n) is 7.18. The van der Waals surface area contributed by atoms with Gasteiger partial charge in [-0.05, 0) is 44.0 Å². The van der Waals surface area contributed by atoms with Gasteiger partial charge in [-0.1, -0.05) is 19.1 Å². The van der Waals surface area contributed by atoms with Gasteiger partial charge in [0.15, 0.2) is 0 Å². The van der Waals surface area contributed by atoms with Crippen LogP contribution in [0, 0.1) is 0 Å². The van der Waals surface area contributed by atoms with Gasteiger partial charge in [-0.25, -0.2) is 4.98 Å². The first-order valence-corrected chi connectivity index (χ1v) is 11.5. The predicted molar refractivity (Wildman–Crippen MR) is 119 cm³/mol. The van der Waals surface area contributed by atoms with Crippen molar-refractivity contribution in [3.05, 3.63) is 34.7 Å². The molecule has 0 aliphatic carbocycles. The lowest BCUT2D eigenvalue weighted by Crippen LogP contribution is -2.28. The summed E-state index contributed by atoms with van der Waals surface area (Å²) in [5.74, 6) is 0.0599. The van der Waals surface area contributed by atoms with E-state index in [1.807, 2.05) is 12.1 Å². The smallest absolute Gasteiger partial charge is 0.226 e. The fraction of sp³-hybridized carbons (Fsp3) is 0.429. The number of hydrogen-bond donors (Lipinski definition) is 3. The highest BCUT2D eigenvalue weighted by Gasteiger charge is 2.25. The Labute approximate surface area is 173 Å². The molecule has 4 rings (SSSR count). The third kappa shape index (κ3) is 4.12. The van der Waals surface area contributed by atoms with Crippen molar-refractivity contribution in [3.63, 3.8) is 0 Å². The van der Waals surface area contributed by atoms with E-state index in [1.165, 1.54) is 15.1 Å². The van der Waals surface area contributed by atoms with Crippen LogP contribution in [0.5, 0.6) is 0 Å². The van der Waals surface area contributed by atoms with Crippen molar-refractivity contribution in [3.8, 4) is 10.6 Å². The van der Waals surface area contributed by atoms with Crippen molar-refractivity contribution in [2.24, 2.45) is 0 Å². The molecular formula is C21H26N4OS2. The molecule has 1 aromatic carbocycles. The molecule has 28 heavy (non-hydrogen) atoms. The monoisotopic (exact) mass is 414 g/mol. The zero-order valence-corrected chi connectivity index (χ0v) is 17.9. The van der Waals surface area contributed by atoms with E-state index in [2.05, 4.69) is 41.9 Å². The first-order valence-electron chi connectivity index (χ1n) is 9.90. The number of hydrogen-bond acceptors (Lipinski definition) is 6. The number of benzene rings is 1. The summed E-state index contributed by atoms with van der Waals surface area (Å²) in [5, 5.41) is 12.0. The molecule has 3 heterocycles. The van der Waals surface area contributed by atoms with Gasteiger partial charge in [0.05, 0.1) is 10.2 Å². The zero-order valence-electron chi connectivity index (χ0n) is 16.3. The Balaban J connectivity index is 1.60. The highest BCUT2D eigenvalue weighted by atomic mass is 32.1. The van der Waals surface area contributed by atoms with E-state index in [-0.39, 0.29) is 5.91 Å². The number of fused-ring (bicyclic) bond motifs is 2. The van der Waals surface area contributed by atoms with E-state index >= 15 is 0 Å². The fourth-order valence-electron chi connectivity index (χ4n) is 3.39. The first-order chi connectivity index (χ1) is 13.7. The lowest BCUT2D eigenvalue weighted by Gasteiger charge is -2.13. The van der Waals surface area contributed by atoms with Crippen LogP contribution >= 0.6 is 22.7 Å². The molecule has 1 unspecified atom stereocenters. The van der Waals surface area contributed by atoms with Crippen LogP contribution in [0.15, 0.2) is 24.3 Å². The Morgan fingerprint density at radius 3 is 3.00 bits per heavy atom. The van der Waals surface area contributed by atoms with Crippen LogP contribution in [-0.2, 0) is 17.8 Å². The summed E-state index contributed by atoms with van der Waals surface area (Å²) in [6.45, 7) is 6.82. The van der Waals surface area contributed by atoms with Gasteiger partial charge in [0.1, 0.15) is 10.0 Å². The first kappa shape index (κ1) is 19.5. The molecule has 3 aromatic rings. The van der Waals surface area contributed by atoms with E-state index in [4.69, 9.17) is 4.98 Å². The normalized spacial score (nSPS) is 14.8. The predicted octanol–water partition coefficient (Wildman–Crippen LogP) is 4.39. The van der Waals surface area contributed by atoms with Crippen molar-refractivity contribution in [1.82, 2.24) is 15.6 Å². The van der Waals surface area contributed by atoms with Crippen molar-refractivity contribution >= 4 is 43.8 Å². The average Bonchev–Trinajstić information content (AvgIpc) is 3.27. The van der Waals surface area contributed by atoms with E-state index in [0.717, 1.165) is 47.0 Å². The minimum absolute atomic E-state index is 0.0599. The average molecular weight is 415 g/mol. The molecule has 0 bridgehead atoms. The van der Waals surface area contributed by atoms with E-state index < -0.39 is 0 Å². The Hall–Kier alpha value is -1.80. The highest BCUT2D eigenvalue weighted by Crippen LogP contribution is 2.44. The van der Waals surface area contributed by atoms with Gasteiger partial charge in [-0.3, -0.25) is 4.79 Å². The SMILES string of the molecule is CCC(C)NCCC(=O)Nc1sc2c(c1-c1nc3ccccc3s1)CCNC2. The number of para-hydroxylation sites is 1. The molecule has 1 atom stereocenters. The Kier molecular flexibility index (Phi) is 6.06. The maximum atomic E-state index is 12.6. The number of aromatic nitrogens is 1. The van der Waals surface area contributed by atoms with E-state index in [1.54, 1.807) is 22.7 Å². The van der Waals surface area contributed by atoms with Crippen molar-refractivity contribution in [2.75, 3.05) is 18.4 Å². The lowest BCUT2D eigenvalue weighted by molar-refractivity contribution is -0.116. The van der Waals surface area contributed by atoms with Gasteiger partial charge in [0.25, 0.3) is 0 Å². The number of nitrogens with zero attached hydrogens (tertiary/aromatic N) is 1. The number of thiophene rings is 1. The molecule has 1 aliphatic rings. The lowest BCUT2D eigenvalue weighted by atomic mass is 10.0. The quantitative estimate of drug-likeness (QED) is 0.537. The third-order valence-electron chi connectivity index (χ3n) is 5.15. The molecule has 0 saturated carbocycles. The maximum absolute atomic E-state index is 12.6. The molecule has 0 spiro atoms. The minimum atomic E-state index is 0.0599. The second-order valence-corrected chi connectivity index (χ2v) is 9.32. The summed E-state index contributed by atoms with van der Waals surface area (Å²) in [6, 6.07) is 8.66. The van der Waals surface area contributed by atoms with Crippen LogP contribution in [0.1, 0.15) is 37.1 Å². The molecule has 3 N–H and O–H groups in total. The van der Waals surface area contributed by atoms with E-state index in [9.17, 15) is 4.79 Å². The molecule has 0 radical (unpaired) electrons. The Bertz CT molecular complexity index is 945. The van der Waals surface area contributed by atoms with Crippen LogP contribution < -0.4 is 16.0 Å². The summed E-state index contributed by atoms with van der Waals surface area (Å²) < 4.78 is 1.18. The molecular weight excluding hydrogens is 388 g/mol. The van der Waals surface area contributed by atoms with Crippen LogP contribution in [0.2, 0.25) is 0 Å². The van der Waals surface area contributed by atoms with Crippen LogP contribution in [0.3, 0.4) is 0 Å². The zero-order chi connectivity index (χ0) is 19.5. The Morgan fingerprint density at radius 2 is 2.18 bits per heavy atom. The number of nitrogens with one attached hydrogen (secondary N) is 3. The Morgan fingerprint density at radius 1 is 1.32 bits per heavy atom. The summed E-state index contributed by atoms with van der Waals surface area (Å²) in [7, 11) is 0. The van der Waals surface area contributed by atoms with Crippen molar-refractivity contribution in [1.29, 1.82) is 0 Å². The van der Waals surface area contributed by atoms with Gasteiger partial charge < -0.3 is 16.0 Å². The summed E-state index contributed by atoms with van der Waals surface area (Å²) in [6.07, 6.45) is 2.51. The number of carbonyl (C=O) groups excluding carboxylic acids is 1. The summed E-state index contributed by atoms with van der Waals surface area (Å²) in [4.78, 5) is 18.8. The van der Waals surface area contributed by atoms with Gasteiger partial charge in [0, 0.05) is 36.0 Å². The number of rotatable bonds is 7. The number of amides is 1. The van der Waals surface area contributed by atoms with Crippen LogP contribution in [0.25, 0.3) is 20.8 Å². The van der Waals surface area contributed by atoms with Gasteiger partial charge in [-0.2, -0.15) is 0 Å². The number of carbonyl (C=O) groups is 1. The molecule has 7 heteroatoms. The molecule has 1 amide bonds. The van der Waals surface area contributed by atoms with Crippen LogP contribution in [0.4, 0.5) is 5.00 Å². The molecule has 2 aromatic heterocycles. The van der Waals surface area contributed by atoms with Gasteiger partial charge in [0.2, 0.25) is 5.91 Å². The second kappa shape index (κ2) is 8.69. The highest BCUT2D eigenvalue weighted by molar-refractivity contribution is 7.22. The summed E-state index contributed by atoms with van der Waals surface area (Å²) in [5.41, 5.74) is 3.49. The summed E-state index contributed by atoms with van der Waals surface area (Å²) >= 11 is 3.40. The standard InChI is InChI=1S/C21H26N4OS2/c1-3-13(2)23-11-9-18(26)25-21-19(14-8-10-22-12-17(14)28-21)20-24-15-6-4-5-7-16(15)27-20/h4-7,13,22-23H,3,8-12H2,1-2H3,(H,25,26). The molecule has 0 saturated heterocycles. The van der Waals surface area contributed by atoms with Crippen LogP contribution in [-0.4, -0.2) is 30.0 Å². The molecule has 0 fully saturated rings. The van der Waals surface area contributed by atoms with Crippen molar-refractivity contribution < 1.29 is 4.79 Å². The minimum Gasteiger partial charge on any atom is -0.317 e. The van der Waals surface area contributed by atoms with Gasteiger partial charge in [-0.15, -0.1) is 22.7 Å². The van der Waals surface area contributed by atoms with Crippen molar-refractivity contribution in [2.45, 2.75) is 45.7 Å². The topological polar surface area (TPSA) is 66.0 Å². The number of anilines is 1. The molecule has 1 aliphatic heterocycles. The maximum Gasteiger partial charge on any atom is 0.226 e. The largest absolute Gasteiger partial charge is 0.317 e. The van der Waals surface area contributed by atoms with E-state index in [0.29, 0.717) is 19.0 Å². The fourth-order valence-corrected chi connectivity index (χ4v) is 5.74. The molecule has 148 valence electrons.